The minimum Gasteiger partial charge on any atom is -0.355 e. The van der Waals surface area contributed by atoms with E-state index in [2.05, 4.69) is 5.32 Å². The van der Waals surface area contributed by atoms with Crippen molar-refractivity contribution in [2.24, 2.45) is 17.1 Å². The van der Waals surface area contributed by atoms with Crippen molar-refractivity contribution in [3.8, 4) is 0 Å². The third kappa shape index (κ3) is 3.95. The lowest BCUT2D eigenvalue weighted by Gasteiger charge is -2.37. The molecule has 2 aliphatic rings. The number of sulfone groups is 1. The van der Waals surface area contributed by atoms with Crippen molar-refractivity contribution < 1.29 is 13.2 Å². The highest BCUT2D eigenvalue weighted by Crippen LogP contribution is 2.46. The molecule has 2 unspecified atom stereocenters. The fraction of sp³-hybridized carbons (Fsp3) is 0.929. The van der Waals surface area contributed by atoms with Gasteiger partial charge in [-0.15, -0.1) is 0 Å². The van der Waals surface area contributed by atoms with E-state index in [-0.39, 0.29) is 23.0 Å². The largest absolute Gasteiger partial charge is 0.355 e. The van der Waals surface area contributed by atoms with Gasteiger partial charge in [-0.25, -0.2) is 8.42 Å². The van der Waals surface area contributed by atoms with E-state index in [4.69, 9.17) is 5.73 Å². The van der Waals surface area contributed by atoms with Crippen LogP contribution in [-0.4, -0.2) is 38.4 Å². The Labute approximate surface area is 121 Å². The predicted molar refractivity (Wildman–Crippen MR) is 78.9 cm³/mol. The number of amides is 1. The Kier molecular flexibility index (Phi) is 4.17. The lowest BCUT2D eigenvalue weighted by Crippen LogP contribution is -2.53. The minimum absolute atomic E-state index is 0.00511. The van der Waals surface area contributed by atoms with Crippen molar-refractivity contribution in [2.75, 3.05) is 18.6 Å². The molecule has 2 atom stereocenters. The number of hydrogen-bond acceptors (Lipinski definition) is 4. The summed E-state index contributed by atoms with van der Waals surface area (Å²) in [4.78, 5) is 12.3. The number of hydrogen-bond donors (Lipinski definition) is 2. The second kappa shape index (κ2) is 5.30. The first-order valence-corrected chi connectivity index (χ1v) is 9.44. The Morgan fingerprint density at radius 1 is 1.30 bits per heavy atom. The Balaban J connectivity index is 1.89. The Hall–Kier alpha value is -0.620. The summed E-state index contributed by atoms with van der Waals surface area (Å²) in [7, 11) is -2.99. The van der Waals surface area contributed by atoms with Crippen molar-refractivity contribution in [3.05, 3.63) is 0 Å². The van der Waals surface area contributed by atoms with E-state index >= 15 is 0 Å². The maximum Gasteiger partial charge on any atom is 0.224 e. The van der Waals surface area contributed by atoms with Crippen molar-refractivity contribution in [1.82, 2.24) is 5.32 Å². The molecule has 0 bridgehead atoms. The average molecular weight is 302 g/mol. The summed E-state index contributed by atoms with van der Waals surface area (Å²) in [6.07, 6.45) is 6.84. The molecule has 2 aliphatic carbocycles. The van der Waals surface area contributed by atoms with Crippen LogP contribution in [0.4, 0.5) is 0 Å². The highest BCUT2D eigenvalue weighted by Gasteiger charge is 2.46. The molecule has 2 fully saturated rings. The fourth-order valence-electron chi connectivity index (χ4n) is 3.29. The molecule has 0 saturated heterocycles. The molecular weight excluding hydrogens is 276 g/mol. The third-order valence-corrected chi connectivity index (χ3v) is 5.87. The Morgan fingerprint density at radius 2 is 1.95 bits per heavy atom. The first-order chi connectivity index (χ1) is 9.14. The van der Waals surface area contributed by atoms with Gasteiger partial charge in [-0.1, -0.05) is 12.8 Å². The SMILES string of the molecule is CC1(N)CCCCC1C(=O)NCC1(CS(C)(=O)=O)CC1. The number of carbonyl (C=O) groups is 1. The van der Waals surface area contributed by atoms with Gasteiger partial charge in [-0.3, -0.25) is 4.79 Å². The zero-order valence-electron chi connectivity index (χ0n) is 12.4. The molecule has 1 amide bonds. The van der Waals surface area contributed by atoms with Crippen LogP contribution in [0.1, 0.15) is 45.4 Å². The Morgan fingerprint density at radius 3 is 2.45 bits per heavy atom. The fourth-order valence-corrected chi connectivity index (χ4v) is 4.79. The molecule has 0 spiro atoms. The van der Waals surface area contributed by atoms with E-state index in [9.17, 15) is 13.2 Å². The Bertz CT molecular complexity index is 481. The van der Waals surface area contributed by atoms with Crippen molar-refractivity contribution in [1.29, 1.82) is 0 Å². The number of carbonyl (C=O) groups excluding carboxylic acids is 1. The summed E-state index contributed by atoms with van der Waals surface area (Å²) in [6.45, 7) is 2.41. The second-order valence-corrected chi connectivity index (χ2v) is 9.23. The molecule has 5 nitrogen and oxygen atoms in total. The molecule has 0 heterocycles. The van der Waals surface area contributed by atoms with Gasteiger partial charge in [-0.2, -0.15) is 0 Å². The van der Waals surface area contributed by atoms with Crippen molar-refractivity contribution in [2.45, 2.75) is 51.0 Å². The predicted octanol–water partition coefficient (Wildman–Crippen LogP) is 0.835. The minimum atomic E-state index is -2.99. The molecular formula is C14H26N2O3S. The molecule has 2 saturated carbocycles. The standard InChI is InChI=1S/C14H26N2O3S/c1-13(15)6-4-3-5-11(13)12(17)16-9-14(7-8-14)10-20(2,18)19/h11H,3-10,15H2,1-2H3,(H,16,17). The lowest BCUT2D eigenvalue weighted by atomic mass is 9.74. The van der Waals surface area contributed by atoms with Crippen LogP contribution in [0.2, 0.25) is 0 Å². The maximum absolute atomic E-state index is 12.3. The number of rotatable bonds is 5. The van der Waals surface area contributed by atoms with Crippen LogP contribution < -0.4 is 11.1 Å². The number of nitrogens with two attached hydrogens (primary N) is 1. The normalized spacial score (nSPS) is 32.6. The quantitative estimate of drug-likeness (QED) is 0.787. The molecule has 116 valence electrons. The van der Waals surface area contributed by atoms with E-state index in [1.54, 1.807) is 0 Å². The molecule has 0 aliphatic heterocycles. The molecule has 2 rings (SSSR count). The van der Waals surface area contributed by atoms with E-state index in [0.717, 1.165) is 38.5 Å². The zero-order valence-corrected chi connectivity index (χ0v) is 13.3. The lowest BCUT2D eigenvalue weighted by molar-refractivity contribution is -0.128. The van der Waals surface area contributed by atoms with Gasteiger partial charge in [0, 0.05) is 23.8 Å². The summed E-state index contributed by atoms with van der Waals surface area (Å²) in [5.74, 6) is 0.0185. The highest BCUT2D eigenvalue weighted by atomic mass is 32.2. The molecule has 3 N–H and O–H groups in total. The van der Waals surface area contributed by atoms with Crippen molar-refractivity contribution >= 4 is 15.7 Å². The van der Waals surface area contributed by atoms with Gasteiger partial charge in [0.2, 0.25) is 5.91 Å². The van der Waals surface area contributed by atoms with Gasteiger partial charge in [0.15, 0.2) is 0 Å². The van der Waals surface area contributed by atoms with Crippen LogP contribution in [-0.2, 0) is 14.6 Å². The topological polar surface area (TPSA) is 89.3 Å². The molecule has 0 aromatic rings. The van der Waals surface area contributed by atoms with Gasteiger partial charge in [0.05, 0.1) is 11.7 Å². The maximum atomic E-state index is 12.3. The van der Waals surface area contributed by atoms with E-state index < -0.39 is 15.4 Å². The summed E-state index contributed by atoms with van der Waals surface area (Å²) >= 11 is 0. The number of nitrogens with one attached hydrogen (secondary N) is 1. The first-order valence-electron chi connectivity index (χ1n) is 7.38. The van der Waals surface area contributed by atoms with Gasteiger partial charge >= 0.3 is 0 Å². The summed E-state index contributed by atoms with van der Waals surface area (Å²) in [5, 5.41) is 2.95. The first kappa shape index (κ1) is 15.8. The summed E-state index contributed by atoms with van der Waals surface area (Å²) in [5.41, 5.74) is 5.57. The monoisotopic (exact) mass is 302 g/mol. The van der Waals surface area contributed by atoms with Crippen molar-refractivity contribution in [3.63, 3.8) is 0 Å². The molecule has 20 heavy (non-hydrogen) atoms. The van der Waals surface area contributed by atoms with E-state index in [0.29, 0.717) is 6.54 Å². The van der Waals surface area contributed by atoms with Crippen LogP contribution >= 0.6 is 0 Å². The highest BCUT2D eigenvalue weighted by molar-refractivity contribution is 7.90. The third-order valence-electron chi connectivity index (χ3n) is 4.73. The van der Waals surface area contributed by atoms with E-state index in [1.165, 1.54) is 6.26 Å². The van der Waals surface area contributed by atoms with E-state index in [1.807, 2.05) is 6.92 Å². The summed E-state index contributed by atoms with van der Waals surface area (Å²) < 4.78 is 22.8. The summed E-state index contributed by atoms with van der Waals surface area (Å²) in [6, 6.07) is 0. The van der Waals surface area contributed by atoms with Crippen LogP contribution in [0.25, 0.3) is 0 Å². The van der Waals surface area contributed by atoms with Gasteiger partial charge in [0.25, 0.3) is 0 Å². The van der Waals surface area contributed by atoms with Crippen LogP contribution in [0.5, 0.6) is 0 Å². The molecule has 6 heteroatoms. The molecule has 0 aromatic carbocycles. The average Bonchev–Trinajstić information content (AvgIpc) is 3.03. The van der Waals surface area contributed by atoms with Crippen LogP contribution in [0.3, 0.4) is 0 Å². The van der Waals surface area contributed by atoms with Gasteiger partial charge in [-0.05, 0) is 32.6 Å². The van der Waals surface area contributed by atoms with Gasteiger partial charge in [0.1, 0.15) is 9.84 Å². The van der Waals surface area contributed by atoms with Crippen LogP contribution in [0.15, 0.2) is 0 Å². The molecule has 0 radical (unpaired) electrons. The smallest absolute Gasteiger partial charge is 0.224 e. The molecule has 0 aromatic heterocycles. The van der Waals surface area contributed by atoms with Crippen LogP contribution in [0, 0.1) is 11.3 Å². The van der Waals surface area contributed by atoms with Gasteiger partial charge < -0.3 is 11.1 Å². The zero-order chi connectivity index (χ0) is 15.0. The second-order valence-electron chi connectivity index (χ2n) is 7.09.